The maximum Gasteiger partial charge on any atom is 0.0807 e. The molecule has 0 bridgehead atoms. The molecule has 82 valence electrons. The van der Waals surface area contributed by atoms with Crippen LogP contribution in [0.1, 0.15) is 5.56 Å². The first-order chi connectivity index (χ1) is 8.36. The normalized spacial score (nSPS) is 15.4. The molecular formula is C14H9N2O-. The van der Waals surface area contributed by atoms with E-state index in [1.165, 1.54) is 0 Å². The Balaban J connectivity index is 2.28. The van der Waals surface area contributed by atoms with Crippen LogP contribution in [0.15, 0.2) is 36.5 Å². The molecule has 17 heavy (non-hydrogen) atoms. The van der Waals surface area contributed by atoms with E-state index in [9.17, 15) is 5.21 Å². The highest BCUT2D eigenvalue weighted by Crippen LogP contribution is 2.31. The molecule has 0 spiro atoms. The Hall–Kier alpha value is -2.13. The molecule has 1 aliphatic heterocycles. The summed E-state index contributed by atoms with van der Waals surface area (Å²) < 4.78 is 0. The topological polar surface area (TPSA) is 39.2 Å². The summed E-state index contributed by atoms with van der Waals surface area (Å²) in [6, 6.07) is 9.93. The van der Waals surface area contributed by atoms with E-state index in [0.29, 0.717) is 6.54 Å². The summed E-state index contributed by atoms with van der Waals surface area (Å²) >= 11 is 0. The fourth-order valence-corrected chi connectivity index (χ4v) is 2.66. The molecule has 0 atom stereocenters. The molecule has 0 amide bonds. The average Bonchev–Trinajstić information content (AvgIpc) is 2.71. The highest BCUT2D eigenvalue weighted by atomic mass is 16.5. The quantitative estimate of drug-likeness (QED) is 0.661. The fourth-order valence-electron chi connectivity index (χ4n) is 2.66. The fraction of sp³-hybridized carbons (Fsp3) is 0.0714. The third kappa shape index (κ3) is 1.02. The summed E-state index contributed by atoms with van der Waals surface area (Å²) in [7, 11) is 0. The predicted molar refractivity (Wildman–Crippen MR) is 66.0 cm³/mol. The molecule has 0 fully saturated rings. The molecule has 0 unspecified atom stereocenters. The van der Waals surface area contributed by atoms with Gasteiger partial charge in [0, 0.05) is 34.8 Å². The van der Waals surface area contributed by atoms with Gasteiger partial charge in [0.2, 0.25) is 0 Å². The summed E-state index contributed by atoms with van der Waals surface area (Å²) in [6.07, 6.45) is 3.77. The largest absolute Gasteiger partial charge is 0.758 e. The highest BCUT2D eigenvalue weighted by Gasteiger charge is 2.23. The molecule has 3 heteroatoms. The second-order valence-corrected chi connectivity index (χ2v) is 4.28. The van der Waals surface area contributed by atoms with E-state index in [1.807, 2.05) is 42.6 Å². The number of hydroxylamine groups is 2. The number of hydrogen-bond donors (Lipinski definition) is 0. The molecule has 0 saturated heterocycles. The van der Waals surface area contributed by atoms with Gasteiger partial charge in [-0.25, -0.2) is 0 Å². The predicted octanol–water partition coefficient (Wildman–Crippen LogP) is 0.812. The van der Waals surface area contributed by atoms with E-state index < -0.39 is 0 Å². The summed E-state index contributed by atoms with van der Waals surface area (Å²) in [6.45, 7) is 0.417. The number of rotatable bonds is 0. The van der Waals surface area contributed by atoms with Gasteiger partial charge in [-0.1, -0.05) is 30.3 Å². The van der Waals surface area contributed by atoms with Gasteiger partial charge in [-0.2, -0.15) is 0 Å². The molecule has 4 rings (SSSR count). The second-order valence-electron chi connectivity index (χ2n) is 4.28. The molecule has 1 aliphatic carbocycles. The van der Waals surface area contributed by atoms with E-state index in [2.05, 4.69) is 4.98 Å². The molecule has 0 N–H and O–H groups in total. The summed E-state index contributed by atoms with van der Waals surface area (Å²) in [5.41, 5.74) is 3.78. The Kier molecular flexibility index (Phi) is 1.56. The number of pyridine rings is 1. The lowest BCUT2D eigenvalue weighted by Gasteiger charge is -2.33. The van der Waals surface area contributed by atoms with Gasteiger partial charge in [0.05, 0.1) is 5.69 Å². The van der Waals surface area contributed by atoms with Crippen molar-refractivity contribution < 1.29 is 0 Å². The van der Waals surface area contributed by atoms with Gasteiger partial charge in [0.1, 0.15) is 0 Å². The minimum absolute atomic E-state index is 0.417. The van der Waals surface area contributed by atoms with Crippen molar-refractivity contribution in [2.24, 2.45) is 0 Å². The van der Waals surface area contributed by atoms with Crippen LogP contribution in [0.2, 0.25) is 0 Å². The standard InChI is InChI=1S/C14H9N2O/c17-16-8-6-9-5-7-15-13-10-3-1-2-4-11(10)14(16)12(9)13/h1-7H,8H2/q-1. The van der Waals surface area contributed by atoms with Crippen molar-refractivity contribution in [2.75, 3.05) is 6.54 Å². The van der Waals surface area contributed by atoms with Crippen LogP contribution >= 0.6 is 0 Å². The number of hydrogen-bond acceptors (Lipinski definition) is 3. The van der Waals surface area contributed by atoms with Gasteiger partial charge >= 0.3 is 0 Å². The maximum atomic E-state index is 12.0. The minimum atomic E-state index is 0.417. The van der Waals surface area contributed by atoms with Crippen molar-refractivity contribution in [1.82, 2.24) is 10.0 Å². The molecule has 2 aliphatic rings. The van der Waals surface area contributed by atoms with Crippen molar-refractivity contribution in [2.45, 2.75) is 0 Å². The molecule has 3 nitrogen and oxygen atoms in total. The zero-order valence-electron chi connectivity index (χ0n) is 9.05. The maximum absolute atomic E-state index is 12.0. The van der Waals surface area contributed by atoms with Crippen LogP contribution in [0.3, 0.4) is 0 Å². The molecular weight excluding hydrogens is 212 g/mol. The summed E-state index contributed by atoms with van der Waals surface area (Å²) in [4.78, 5) is 4.42. The lowest BCUT2D eigenvalue weighted by atomic mass is 10.1. The van der Waals surface area contributed by atoms with Gasteiger partial charge in [-0.3, -0.25) is 4.98 Å². The van der Waals surface area contributed by atoms with Gasteiger partial charge in [-0.15, -0.1) is 0 Å². The van der Waals surface area contributed by atoms with Crippen LogP contribution in [0.4, 0.5) is 0 Å². The summed E-state index contributed by atoms with van der Waals surface area (Å²) in [5, 5.41) is 15.2. The molecule has 0 saturated carbocycles. The van der Waals surface area contributed by atoms with E-state index in [4.69, 9.17) is 0 Å². The summed E-state index contributed by atoms with van der Waals surface area (Å²) in [5.74, 6) is 0. The monoisotopic (exact) mass is 221 g/mol. The Morgan fingerprint density at radius 1 is 1.12 bits per heavy atom. The zero-order chi connectivity index (χ0) is 11.4. The third-order valence-electron chi connectivity index (χ3n) is 3.38. The van der Waals surface area contributed by atoms with Gasteiger partial charge in [0.25, 0.3) is 0 Å². The lowest BCUT2D eigenvalue weighted by Crippen LogP contribution is -2.37. The average molecular weight is 221 g/mol. The highest BCUT2D eigenvalue weighted by molar-refractivity contribution is 5.88. The Labute approximate surface area is 97.9 Å². The smallest absolute Gasteiger partial charge is 0.0807 e. The Morgan fingerprint density at radius 2 is 1.94 bits per heavy atom. The number of nitrogens with zero attached hydrogens (tertiary/aromatic N) is 2. The van der Waals surface area contributed by atoms with Gasteiger partial charge in [-0.05, 0) is 11.3 Å². The molecule has 0 radical (unpaired) electrons. The van der Waals surface area contributed by atoms with Crippen molar-refractivity contribution in [1.29, 1.82) is 0 Å². The van der Waals surface area contributed by atoms with Crippen LogP contribution in [-0.2, 0) is 0 Å². The number of fused-ring (bicyclic) bond motifs is 3. The molecule has 2 heterocycles. The first kappa shape index (κ1) is 8.96. The Morgan fingerprint density at radius 3 is 2.82 bits per heavy atom. The van der Waals surface area contributed by atoms with Crippen molar-refractivity contribution in [3.8, 4) is 11.3 Å². The van der Waals surface area contributed by atoms with Crippen molar-refractivity contribution in [3.05, 3.63) is 57.7 Å². The van der Waals surface area contributed by atoms with E-state index in [0.717, 1.165) is 38.0 Å². The van der Waals surface area contributed by atoms with Gasteiger partial charge in [0.15, 0.2) is 0 Å². The van der Waals surface area contributed by atoms with Crippen LogP contribution in [0, 0.1) is 5.21 Å². The zero-order valence-corrected chi connectivity index (χ0v) is 9.05. The van der Waals surface area contributed by atoms with E-state index >= 15 is 0 Å². The molecule has 1 aromatic heterocycles. The van der Waals surface area contributed by atoms with E-state index in [-0.39, 0.29) is 0 Å². The number of aromatic nitrogens is 1. The minimum Gasteiger partial charge on any atom is -0.758 e. The van der Waals surface area contributed by atoms with Gasteiger partial charge < -0.3 is 10.3 Å². The number of benzene rings is 1. The SMILES string of the molecule is [O-]N1CC=c2ccnc3c2=C1c1ccccc1-3. The third-order valence-corrected chi connectivity index (χ3v) is 3.38. The molecule has 1 aromatic carbocycles. The van der Waals surface area contributed by atoms with Crippen molar-refractivity contribution >= 4 is 11.8 Å². The first-order valence-electron chi connectivity index (χ1n) is 5.60. The Bertz CT molecular complexity index is 749. The first-order valence-corrected chi connectivity index (χ1v) is 5.60. The molecule has 2 aromatic rings. The van der Waals surface area contributed by atoms with E-state index in [1.54, 1.807) is 0 Å². The van der Waals surface area contributed by atoms with Crippen LogP contribution in [-0.4, -0.2) is 16.6 Å². The second kappa shape index (κ2) is 2.96. The van der Waals surface area contributed by atoms with Crippen LogP contribution in [0.5, 0.6) is 0 Å². The van der Waals surface area contributed by atoms with Crippen LogP contribution < -0.4 is 10.4 Å². The lowest BCUT2D eigenvalue weighted by molar-refractivity contribution is 0.604. The van der Waals surface area contributed by atoms with Crippen molar-refractivity contribution in [3.63, 3.8) is 0 Å². The van der Waals surface area contributed by atoms with Crippen LogP contribution in [0.25, 0.3) is 23.0 Å².